The maximum Gasteiger partial charge on any atom is 0.248 e. The fourth-order valence-electron chi connectivity index (χ4n) is 8.18. The molecular formula is C54H67Cl2N11O11S2. The van der Waals surface area contributed by atoms with Gasteiger partial charge in [-0.15, -0.1) is 0 Å². The smallest absolute Gasteiger partial charge is 0.248 e. The summed E-state index contributed by atoms with van der Waals surface area (Å²) < 4.78 is 0. The van der Waals surface area contributed by atoms with Gasteiger partial charge in [-0.1, -0.05) is 93.3 Å². The van der Waals surface area contributed by atoms with Crippen molar-refractivity contribution in [2.75, 3.05) is 25.1 Å². The second kappa shape index (κ2) is 31.8. The molecule has 1 fully saturated rings. The number of benzene rings is 4. The van der Waals surface area contributed by atoms with Crippen LogP contribution in [0.4, 0.5) is 0 Å². The molecule has 0 spiro atoms. The minimum atomic E-state index is -1.74. The van der Waals surface area contributed by atoms with Gasteiger partial charge in [0.05, 0.1) is 12.1 Å². The molecule has 4 aromatic rings. The van der Waals surface area contributed by atoms with E-state index in [1.54, 1.807) is 55.6 Å². The van der Waals surface area contributed by atoms with Gasteiger partial charge in [-0.05, 0) is 117 Å². The van der Waals surface area contributed by atoms with Gasteiger partial charge >= 0.3 is 0 Å². The number of nitrogens with one attached hydrogen (secondary N) is 8. The summed E-state index contributed by atoms with van der Waals surface area (Å²) in [7, 11) is 3.67. The summed E-state index contributed by atoms with van der Waals surface area (Å²) >= 11 is 12.3. The molecule has 22 nitrogen and oxygen atoms in total. The number of aliphatic hydroxyl groups excluding tert-OH is 1. The van der Waals surface area contributed by atoms with Gasteiger partial charge in [0.2, 0.25) is 53.2 Å². The van der Waals surface area contributed by atoms with E-state index in [9.17, 15) is 53.4 Å². The fraction of sp³-hybridized carbons (Fsp3) is 0.389. The highest BCUT2D eigenvalue weighted by Gasteiger charge is 2.36. The van der Waals surface area contributed by atoms with Gasteiger partial charge in [0, 0.05) is 46.4 Å². The van der Waals surface area contributed by atoms with Crippen LogP contribution in [0.15, 0.2) is 97.1 Å². The number of unbranched alkanes of at least 4 members (excludes halogenated alkanes) is 1. The average molecular weight is 1180 g/mol. The zero-order valence-electron chi connectivity index (χ0n) is 43.9. The molecule has 4 aromatic carbocycles. The van der Waals surface area contributed by atoms with Crippen molar-refractivity contribution in [1.82, 2.24) is 42.5 Å². The molecule has 1 aliphatic heterocycles. The van der Waals surface area contributed by atoms with Crippen molar-refractivity contribution in [2.45, 2.75) is 106 Å². The first-order valence-corrected chi connectivity index (χ1v) is 28.7. The van der Waals surface area contributed by atoms with E-state index >= 15 is 0 Å². The van der Waals surface area contributed by atoms with E-state index in [2.05, 4.69) is 42.5 Å². The number of halogens is 2. The fourth-order valence-corrected chi connectivity index (χ4v) is 10.8. The molecule has 430 valence electrons. The van der Waals surface area contributed by atoms with E-state index in [0.29, 0.717) is 51.7 Å². The van der Waals surface area contributed by atoms with E-state index < -0.39 is 108 Å². The Bertz CT molecular complexity index is 2780. The third-order valence-electron chi connectivity index (χ3n) is 12.7. The minimum absolute atomic E-state index is 0.00151. The Kier molecular flexibility index (Phi) is 25.4. The molecule has 5 rings (SSSR count). The molecule has 0 aliphatic carbocycles. The number of carbonyl (C=O) groups is 9. The quantitative estimate of drug-likeness (QED) is 0.0422. The van der Waals surface area contributed by atoms with Crippen molar-refractivity contribution < 1.29 is 53.4 Å². The van der Waals surface area contributed by atoms with E-state index in [0.717, 1.165) is 21.6 Å². The van der Waals surface area contributed by atoms with Crippen molar-refractivity contribution >= 4 is 98.0 Å². The number of hydrogen-bond donors (Lipinski definition) is 13. The molecule has 80 heavy (non-hydrogen) atoms. The molecule has 2 unspecified atom stereocenters. The van der Waals surface area contributed by atoms with Crippen LogP contribution in [0.25, 0.3) is 0 Å². The van der Waals surface area contributed by atoms with Crippen molar-refractivity contribution in [1.29, 1.82) is 0 Å². The highest BCUT2D eigenvalue weighted by molar-refractivity contribution is 8.76. The van der Waals surface area contributed by atoms with Gasteiger partial charge in [-0.2, -0.15) is 0 Å². The molecule has 0 bridgehead atoms. The molecule has 0 saturated carbocycles. The molecule has 16 N–H and O–H groups in total. The van der Waals surface area contributed by atoms with Gasteiger partial charge in [-0.3, -0.25) is 43.2 Å². The second-order valence-corrected chi connectivity index (χ2v) is 22.5. The number of aromatic hydroxyl groups is 1. The zero-order valence-corrected chi connectivity index (χ0v) is 47.0. The molecule has 1 aliphatic rings. The van der Waals surface area contributed by atoms with Crippen LogP contribution in [0.5, 0.6) is 5.75 Å². The Hall–Kier alpha value is -6.93. The molecule has 1 saturated heterocycles. The lowest BCUT2D eigenvalue weighted by Crippen LogP contribution is -2.62. The molecule has 26 heteroatoms. The Balaban J connectivity index is 1.58. The predicted molar refractivity (Wildman–Crippen MR) is 306 cm³/mol. The number of amides is 9. The summed E-state index contributed by atoms with van der Waals surface area (Å²) in [6, 6.07) is 13.2. The Morgan fingerprint density at radius 2 is 1.15 bits per heavy atom. The van der Waals surface area contributed by atoms with E-state index in [-0.39, 0.29) is 54.9 Å². The first kappa shape index (κ1) is 63.9. The second-order valence-electron chi connectivity index (χ2n) is 19.1. The molecule has 0 aromatic heterocycles. The average Bonchev–Trinajstić information content (AvgIpc) is 3.42. The van der Waals surface area contributed by atoms with Gasteiger partial charge in [-0.25, -0.2) is 0 Å². The Morgan fingerprint density at radius 1 is 0.650 bits per heavy atom. The number of phenolic OH excluding ortho intramolecular Hbond substituents is 1. The summed E-state index contributed by atoms with van der Waals surface area (Å²) in [5.74, 6) is -8.45. The number of rotatable bonds is 20. The van der Waals surface area contributed by atoms with Crippen LogP contribution in [-0.4, -0.2) is 143 Å². The van der Waals surface area contributed by atoms with Gasteiger partial charge < -0.3 is 69.9 Å². The van der Waals surface area contributed by atoms with Crippen molar-refractivity contribution in [3.8, 4) is 5.75 Å². The first-order chi connectivity index (χ1) is 38.1. The summed E-state index contributed by atoms with van der Waals surface area (Å²) in [4.78, 5) is 126. The Labute approximate surface area is 480 Å². The normalized spacial score (nSPS) is 20.9. The number of carbonyl (C=O) groups excluding carboxylic acids is 9. The van der Waals surface area contributed by atoms with E-state index in [1.807, 2.05) is 0 Å². The highest BCUT2D eigenvalue weighted by Crippen LogP contribution is 2.24. The summed E-state index contributed by atoms with van der Waals surface area (Å²) in [5.41, 5.74) is 19.9. The van der Waals surface area contributed by atoms with Crippen LogP contribution < -0.4 is 59.7 Å². The molecular weight excluding hydrogens is 1110 g/mol. The summed E-state index contributed by atoms with van der Waals surface area (Å²) in [6.45, 7) is 1.76. The number of nitrogens with two attached hydrogens (primary N) is 3. The maximum absolute atomic E-state index is 14.8. The highest BCUT2D eigenvalue weighted by atomic mass is 35.5. The van der Waals surface area contributed by atoms with Gasteiger partial charge in [0.25, 0.3) is 0 Å². The van der Waals surface area contributed by atoms with Gasteiger partial charge in [0.15, 0.2) is 0 Å². The lowest BCUT2D eigenvalue weighted by Gasteiger charge is -2.29. The standard InChI is InChI=1S/C54H67Cl2N11O11S2/c1-29(68)45-54(78)66-44(52(76)62-40(47(59)71)24-33-12-20-37(69)21-13-33)28-80-79-27-43(65-48(72)38(57)23-30-8-16-35(55)17-9-30)53(77)64-42(26-32-10-18-36(56)19-11-32)51(75)63-41(25-31-6-14-34(15-7-31)46(58)70)50(74)61-39(49(73)67-45)5-3-4-22-60-2/h6-21,29,38-45,60,68-69H,3-5,22-28,57H2,1-2H3,(H2,58,70)(H2,59,71)(H,61,74)(H,62,76)(H,63,75)(H,64,77)(H,65,72)(H,66,78)(H,67,73)/t29?,38-,39-,40+,41+,42-,43+,44-,45?/m0/s1. The first-order valence-electron chi connectivity index (χ1n) is 25.5. The van der Waals surface area contributed by atoms with Crippen molar-refractivity contribution in [3.05, 3.63) is 135 Å². The Morgan fingerprint density at radius 3 is 1.70 bits per heavy atom. The number of aliphatic hydroxyl groups is 1. The monoisotopic (exact) mass is 1180 g/mol. The van der Waals surface area contributed by atoms with Crippen LogP contribution in [-0.2, 0) is 64.0 Å². The zero-order chi connectivity index (χ0) is 58.5. The largest absolute Gasteiger partial charge is 0.508 e. The van der Waals surface area contributed by atoms with E-state index in [1.165, 1.54) is 55.5 Å². The predicted octanol–water partition coefficient (Wildman–Crippen LogP) is 0.440. The van der Waals surface area contributed by atoms with Crippen LogP contribution in [0.3, 0.4) is 0 Å². The molecule has 0 radical (unpaired) electrons. The van der Waals surface area contributed by atoms with Crippen LogP contribution in [0, 0.1) is 0 Å². The van der Waals surface area contributed by atoms with Crippen LogP contribution in [0.2, 0.25) is 10.0 Å². The SMILES string of the molecule is CNCCCC[C@@H]1NC(=O)[C@@H](Cc2ccc(C(N)=O)cc2)NC(=O)[C@H](Cc2ccc(Cl)cc2)NC(=O)[C@H](NC(=O)[C@@H](N)Cc2ccc(Cl)cc2)CSSC[C@@H](C(=O)N[C@H](Cc2ccc(O)cc2)C(N)=O)NC(=O)C(C(C)O)NC1=O. The summed E-state index contributed by atoms with van der Waals surface area (Å²) in [5, 5.41) is 43.3. The molecule has 1 heterocycles. The lowest BCUT2D eigenvalue weighted by molar-refractivity contribution is -0.136. The number of hydrogen-bond acceptors (Lipinski definition) is 15. The minimum Gasteiger partial charge on any atom is -0.508 e. The number of phenols is 1. The van der Waals surface area contributed by atoms with E-state index in [4.69, 9.17) is 40.4 Å². The van der Waals surface area contributed by atoms with Crippen LogP contribution in [0.1, 0.15) is 58.8 Å². The van der Waals surface area contributed by atoms with Crippen LogP contribution >= 0.6 is 44.8 Å². The number of primary amides is 2. The topological polar surface area (TPSA) is 368 Å². The van der Waals surface area contributed by atoms with Gasteiger partial charge in [0.1, 0.15) is 48.0 Å². The molecule has 9 amide bonds. The maximum atomic E-state index is 14.8. The summed E-state index contributed by atoms with van der Waals surface area (Å²) in [6.07, 6.45) is -1.17. The van der Waals surface area contributed by atoms with Crippen molar-refractivity contribution in [2.24, 2.45) is 17.2 Å². The van der Waals surface area contributed by atoms with Crippen molar-refractivity contribution in [3.63, 3.8) is 0 Å². The molecule has 9 atom stereocenters. The lowest BCUT2D eigenvalue weighted by atomic mass is 10.00. The third-order valence-corrected chi connectivity index (χ3v) is 15.6. The third kappa shape index (κ3) is 20.6.